The Hall–Kier alpha value is -1.94. The van der Waals surface area contributed by atoms with Crippen molar-refractivity contribution in [1.82, 2.24) is 14.9 Å². The van der Waals surface area contributed by atoms with E-state index >= 15 is 0 Å². The van der Waals surface area contributed by atoms with Gasteiger partial charge in [-0.1, -0.05) is 31.2 Å². The number of imidazole rings is 1. The van der Waals surface area contributed by atoms with E-state index in [1.807, 2.05) is 42.1 Å². The molecule has 1 N–H and O–H groups in total. The molecular weight excluding hydrogens is 250 g/mol. The van der Waals surface area contributed by atoms with Gasteiger partial charge >= 0.3 is 0 Å². The average Bonchev–Trinajstić information content (AvgIpc) is 2.93. The fourth-order valence-electron chi connectivity index (χ4n) is 2.28. The topological polar surface area (TPSA) is 46.9 Å². The number of nitrogens with one attached hydrogen (secondary N) is 1. The molecule has 0 saturated heterocycles. The first-order valence-corrected chi connectivity index (χ1v) is 7.06. The highest BCUT2D eigenvalue weighted by atomic mass is 16.1. The molecule has 0 fully saturated rings. The number of carbonyl (C=O) groups is 1. The predicted molar refractivity (Wildman–Crippen MR) is 80.0 cm³/mol. The largest absolute Gasteiger partial charge is 0.328 e. The van der Waals surface area contributed by atoms with E-state index in [0.29, 0.717) is 5.82 Å². The lowest BCUT2D eigenvalue weighted by atomic mass is 10.0. The molecule has 2 aromatic rings. The maximum Gasteiger partial charge on any atom is 0.228 e. The van der Waals surface area contributed by atoms with Crippen LogP contribution in [0.4, 0.5) is 0 Å². The number of rotatable bonds is 7. The number of likely N-dealkylation sites (N-methyl/N-ethyl adjacent to an activating group) is 1. The van der Waals surface area contributed by atoms with Crippen LogP contribution >= 0.6 is 0 Å². The lowest BCUT2D eigenvalue weighted by molar-refractivity contribution is 0.102. The third-order valence-electron chi connectivity index (χ3n) is 3.29. The van der Waals surface area contributed by atoms with Crippen molar-refractivity contribution in [3.8, 4) is 0 Å². The maximum atomic E-state index is 12.7. The minimum absolute atomic E-state index is 0.00940. The molecule has 1 aromatic heterocycles. The highest BCUT2D eigenvalue weighted by molar-refractivity contribution is 6.07. The molecule has 0 radical (unpaired) electrons. The zero-order valence-electron chi connectivity index (χ0n) is 12.1. The molecule has 2 rings (SSSR count). The summed E-state index contributed by atoms with van der Waals surface area (Å²) in [4.78, 5) is 16.9. The van der Waals surface area contributed by atoms with Gasteiger partial charge in [-0.15, -0.1) is 0 Å². The first-order chi connectivity index (χ1) is 9.77. The van der Waals surface area contributed by atoms with Gasteiger partial charge in [0.2, 0.25) is 5.78 Å². The smallest absolute Gasteiger partial charge is 0.228 e. The number of aryl methyl sites for hydroxylation is 1. The van der Waals surface area contributed by atoms with Crippen molar-refractivity contribution in [3.05, 3.63) is 53.6 Å². The van der Waals surface area contributed by atoms with Crippen LogP contribution in [0.5, 0.6) is 0 Å². The number of aromatic nitrogens is 2. The van der Waals surface area contributed by atoms with E-state index in [0.717, 1.165) is 37.1 Å². The second-order valence-corrected chi connectivity index (χ2v) is 4.78. The van der Waals surface area contributed by atoms with Gasteiger partial charge in [-0.3, -0.25) is 4.79 Å². The molecule has 0 spiro atoms. The van der Waals surface area contributed by atoms with Gasteiger partial charge in [0.1, 0.15) is 0 Å². The second-order valence-electron chi connectivity index (χ2n) is 4.78. The zero-order chi connectivity index (χ0) is 14.4. The van der Waals surface area contributed by atoms with Crippen LogP contribution in [0.25, 0.3) is 0 Å². The standard InChI is InChI=1S/C16H21N3O/c1-3-11-19-12-10-18-16(19)15(20)14-7-5-4-6-13(14)8-9-17-2/h4-7,10,12,17H,3,8-9,11H2,1-2H3. The molecule has 1 heterocycles. The summed E-state index contributed by atoms with van der Waals surface area (Å²) in [5.74, 6) is 0.541. The van der Waals surface area contributed by atoms with E-state index < -0.39 is 0 Å². The first-order valence-electron chi connectivity index (χ1n) is 7.06. The molecular formula is C16H21N3O. The molecule has 0 saturated carbocycles. The molecule has 0 aliphatic rings. The van der Waals surface area contributed by atoms with Crippen LogP contribution in [0.2, 0.25) is 0 Å². The number of hydrogen-bond donors (Lipinski definition) is 1. The summed E-state index contributed by atoms with van der Waals surface area (Å²) in [6, 6.07) is 7.78. The number of benzene rings is 1. The summed E-state index contributed by atoms with van der Waals surface area (Å²) in [5, 5.41) is 3.12. The Morgan fingerprint density at radius 2 is 2.15 bits per heavy atom. The van der Waals surface area contributed by atoms with Crippen molar-refractivity contribution in [1.29, 1.82) is 0 Å². The summed E-state index contributed by atoms with van der Waals surface area (Å²) in [6.07, 6.45) is 5.39. The number of ketones is 1. The Bertz CT molecular complexity index is 575. The van der Waals surface area contributed by atoms with Gasteiger partial charge < -0.3 is 9.88 Å². The van der Waals surface area contributed by atoms with Gasteiger partial charge in [-0.05, 0) is 32.0 Å². The van der Waals surface area contributed by atoms with Crippen LogP contribution < -0.4 is 5.32 Å². The van der Waals surface area contributed by atoms with Gasteiger partial charge in [0.25, 0.3) is 0 Å². The molecule has 4 heteroatoms. The van der Waals surface area contributed by atoms with E-state index in [1.165, 1.54) is 0 Å². The fourth-order valence-corrected chi connectivity index (χ4v) is 2.28. The Balaban J connectivity index is 2.30. The summed E-state index contributed by atoms with van der Waals surface area (Å²) in [5.41, 5.74) is 1.82. The van der Waals surface area contributed by atoms with E-state index in [4.69, 9.17) is 0 Å². The normalized spacial score (nSPS) is 10.7. The molecule has 20 heavy (non-hydrogen) atoms. The van der Waals surface area contributed by atoms with Crippen molar-refractivity contribution in [2.24, 2.45) is 0 Å². The quantitative estimate of drug-likeness (QED) is 0.786. The number of hydrogen-bond acceptors (Lipinski definition) is 3. The van der Waals surface area contributed by atoms with Crippen LogP contribution in [0.15, 0.2) is 36.7 Å². The summed E-state index contributed by atoms with van der Waals surface area (Å²) < 4.78 is 1.93. The Morgan fingerprint density at radius 3 is 2.90 bits per heavy atom. The van der Waals surface area contributed by atoms with Crippen molar-refractivity contribution >= 4 is 5.78 Å². The summed E-state index contributed by atoms with van der Waals surface area (Å²) >= 11 is 0. The molecule has 0 amide bonds. The van der Waals surface area contributed by atoms with Gasteiger partial charge in [0, 0.05) is 24.5 Å². The van der Waals surface area contributed by atoms with Crippen LogP contribution in [-0.2, 0) is 13.0 Å². The minimum atomic E-state index is 0.00940. The van der Waals surface area contributed by atoms with Crippen LogP contribution in [0, 0.1) is 0 Å². The van der Waals surface area contributed by atoms with Crippen LogP contribution in [0.3, 0.4) is 0 Å². The van der Waals surface area contributed by atoms with Crippen LogP contribution in [-0.4, -0.2) is 28.9 Å². The van der Waals surface area contributed by atoms with E-state index in [-0.39, 0.29) is 5.78 Å². The van der Waals surface area contributed by atoms with E-state index in [1.54, 1.807) is 6.20 Å². The Kier molecular flexibility index (Phi) is 5.07. The van der Waals surface area contributed by atoms with Crippen LogP contribution in [0.1, 0.15) is 35.1 Å². The fraction of sp³-hybridized carbons (Fsp3) is 0.375. The molecule has 4 nitrogen and oxygen atoms in total. The SMILES string of the molecule is CCCn1ccnc1C(=O)c1ccccc1CCNC. The van der Waals surface area contributed by atoms with Gasteiger partial charge in [0.15, 0.2) is 5.82 Å². The predicted octanol–water partition coefficient (Wildman–Crippen LogP) is 2.29. The van der Waals surface area contributed by atoms with Gasteiger partial charge in [-0.2, -0.15) is 0 Å². The van der Waals surface area contributed by atoms with Gasteiger partial charge in [-0.25, -0.2) is 4.98 Å². The first kappa shape index (κ1) is 14.5. The minimum Gasteiger partial charge on any atom is -0.328 e. The van der Waals surface area contributed by atoms with Gasteiger partial charge in [0.05, 0.1) is 0 Å². The van der Waals surface area contributed by atoms with E-state index in [2.05, 4.69) is 17.2 Å². The van der Waals surface area contributed by atoms with E-state index in [9.17, 15) is 4.79 Å². The van der Waals surface area contributed by atoms with Crippen molar-refractivity contribution in [2.45, 2.75) is 26.3 Å². The Labute approximate surface area is 119 Å². The number of carbonyl (C=O) groups excluding carboxylic acids is 1. The Morgan fingerprint density at radius 1 is 1.35 bits per heavy atom. The molecule has 106 valence electrons. The summed E-state index contributed by atoms with van der Waals surface area (Å²) in [6.45, 7) is 3.77. The van der Waals surface area contributed by atoms with Crippen molar-refractivity contribution in [3.63, 3.8) is 0 Å². The molecule has 0 bridgehead atoms. The molecule has 0 unspecified atom stereocenters. The maximum absolute atomic E-state index is 12.7. The third-order valence-corrected chi connectivity index (χ3v) is 3.29. The highest BCUT2D eigenvalue weighted by Gasteiger charge is 2.17. The van der Waals surface area contributed by atoms with Crippen molar-refractivity contribution < 1.29 is 4.79 Å². The highest BCUT2D eigenvalue weighted by Crippen LogP contribution is 2.14. The zero-order valence-corrected chi connectivity index (χ0v) is 12.1. The summed E-state index contributed by atoms with van der Waals surface area (Å²) in [7, 11) is 1.92. The lowest BCUT2D eigenvalue weighted by Crippen LogP contribution is -2.16. The molecule has 0 aliphatic heterocycles. The monoisotopic (exact) mass is 271 g/mol. The average molecular weight is 271 g/mol. The van der Waals surface area contributed by atoms with Crippen molar-refractivity contribution in [2.75, 3.05) is 13.6 Å². The second kappa shape index (κ2) is 7.01. The molecule has 1 aromatic carbocycles. The molecule has 0 aliphatic carbocycles. The number of nitrogens with zero attached hydrogens (tertiary/aromatic N) is 2. The third kappa shape index (κ3) is 3.14. The molecule has 0 atom stereocenters. The lowest BCUT2D eigenvalue weighted by Gasteiger charge is -2.09.